The van der Waals surface area contributed by atoms with Crippen LogP contribution in [0.1, 0.15) is 22.8 Å². The van der Waals surface area contributed by atoms with E-state index in [-0.39, 0.29) is 17.7 Å². The molecule has 4 nitrogen and oxygen atoms in total. The number of benzene rings is 1. The Kier molecular flexibility index (Phi) is 4.31. The third-order valence-corrected chi connectivity index (χ3v) is 2.25. The van der Waals surface area contributed by atoms with E-state index in [0.29, 0.717) is 12.2 Å². The molecule has 0 saturated carbocycles. The SMILES string of the molecule is COCC(C)NC(=O)c1ccc(O)cc1C. The molecule has 1 aromatic carbocycles. The van der Waals surface area contributed by atoms with Gasteiger partial charge in [-0.05, 0) is 37.6 Å². The van der Waals surface area contributed by atoms with Gasteiger partial charge in [0.05, 0.1) is 6.61 Å². The van der Waals surface area contributed by atoms with Crippen molar-refractivity contribution in [2.24, 2.45) is 0 Å². The van der Waals surface area contributed by atoms with Crippen LogP contribution in [0, 0.1) is 6.92 Å². The summed E-state index contributed by atoms with van der Waals surface area (Å²) < 4.78 is 4.94. The van der Waals surface area contributed by atoms with Gasteiger partial charge in [0, 0.05) is 18.7 Å². The summed E-state index contributed by atoms with van der Waals surface area (Å²) in [7, 11) is 1.59. The van der Waals surface area contributed by atoms with Crippen LogP contribution >= 0.6 is 0 Å². The zero-order valence-electron chi connectivity index (χ0n) is 9.78. The van der Waals surface area contributed by atoms with Crippen molar-refractivity contribution in [3.05, 3.63) is 29.3 Å². The molecule has 4 heteroatoms. The average molecular weight is 223 g/mol. The molecule has 1 rings (SSSR count). The molecular weight excluding hydrogens is 206 g/mol. The van der Waals surface area contributed by atoms with Gasteiger partial charge in [-0.15, -0.1) is 0 Å². The van der Waals surface area contributed by atoms with Gasteiger partial charge in [-0.1, -0.05) is 0 Å². The van der Waals surface area contributed by atoms with E-state index in [0.717, 1.165) is 5.56 Å². The second-order valence-electron chi connectivity index (χ2n) is 3.83. The van der Waals surface area contributed by atoms with Crippen molar-refractivity contribution >= 4 is 5.91 Å². The number of aryl methyl sites for hydroxylation is 1. The first-order chi connectivity index (χ1) is 7.54. The minimum absolute atomic E-state index is 0.0364. The van der Waals surface area contributed by atoms with Crippen LogP contribution in [0.15, 0.2) is 18.2 Å². The van der Waals surface area contributed by atoms with Gasteiger partial charge < -0.3 is 15.2 Å². The van der Waals surface area contributed by atoms with Crippen LogP contribution in [0.5, 0.6) is 5.75 Å². The zero-order chi connectivity index (χ0) is 12.1. The molecule has 1 amide bonds. The predicted molar refractivity (Wildman–Crippen MR) is 61.6 cm³/mol. The highest BCUT2D eigenvalue weighted by Gasteiger charge is 2.11. The first kappa shape index (κ1) is 12.5. The lowest BCUT2D eigenvalue weighted by Crippen LogP contribution is -2.35. The summed E-state index contributed by atoms with van der Waals surface area (Å²) in [6.07, 6.45) is 0. The Morgan fingerprint density at radius 3 is 2.81 bits per heavy atom. The molecule has 0 radical (unpaired) electrons. The Labute approximate surface area is 95.2 Å². The highest BCUT2D eigenvalue weighted by atomic mass is 16.5. The van der Waals surface area contributed by atoms with Gasteiger partial charge in [0.25, 0.3) is 5.91 Å². The molecule has 0 spiro atoms. The van der Waals surface area contributed by atoms with Crippen molar-refractivity contribution in [2.75, 3.05) is 13.7 Å². The summed E-state index contributed by atoms with van der Waals surface area (Å²) >= 11 is 0. The van der Waals surface area contributed by atoms with Crippen LogP contribution in [0.2, 0.25) is 0 Å². The van der Waals surface area contributed by atoms with Gasteiger partial charge in [0.15, 0.2) is 0 Å². The maximum absolute atomic E-state index is 11.8. The van der Waals surface area contributed by atoms with Crippen LogP contribution in [-0.4, -0.2) is 30.8 Å². The zero-order valence-corrected chi connectivity index (χ0v) is 9.78. The van der Waals surface area contributed by atoms with Crippen molar-refractivity contribution in [1.82, 2.24) is 5.32 Å². The Bertz CT molecular complexity index is 377. The average Bonchev–Trinajstić information content (AvgIpc) is 2.17. The monoisotopic (exact) mass is 223 g/mol. The highest BCUT2D eigenvalue weighted by molar-refractivity contribution is 5.95. The number of ether oxygens (including phenoxy) is 1. The van der Waals surface area contributed by atoms with Crippen molar-refractivity contribution < 1.29 is 14.6 Å². The molecule has 2 N–H and O–H groups in total. The van der Waals surface area contributed by atoms with E-state index in [1.807, 2.05) is 6.92 Å². The fraction of sp³-hybridized carbons (Fsp3) is 0.417. The number of rotatable bonds is 4. The smallest absolute Gasteiger partial charge is 0.251 e. The Morgan fingerprint density at radius 2 is 2.25 bits per heavy atom. The molecule has 88 valence electrons. The molecule has 1 aromatic rings. The molecule has 0 bridgehead atoms. The van der Waals surface area contributed by atoms with Crippen molar-refractivity contribution in [3.63, 3.8) is 0 Å². The topological polar surface area (TPSA) is 58.6 Å². The van der Waals surface area contributed by atoms with E-state index in [1.54, 1.807) is 26.2 Å². The maximum Gasteiger partial charge on any atom is 0.251 e. The summed E-state index contributed by atoms with van der Waals surface area (Å²) in [6, 6.07) is 4.64. The lowest BCUT2D eigenvalue weighted by Gasteiger charge is -2.13. The number of carbonyl (C=O) groups excluding carboxylic acids is 1. The molecule has 0 heterocycles. The molecule has 0 aliphatic carbocycles. The van der Waals surface area contributed by atoms with E-state index in [1.165, 1.54) is 6.07 Å². The molecule has 0 aromatic heterocycles. The second-order valence-corrected chi connectivity index (χ2v) is 3.83. The van der Waals surface area contributed by atoms with Gasteiger partial charge in [0.1, 0.15) is 5.75 Å². The van der Waals surface area contributed by atoms with Crippen molar-refractivity contribution in [3.8, 4) is 5.75 Å². The number of nitrogens with one attached hydrogen (secondary N) is 1. The Hall–Kier alpha value is -1.55. The van der Waals surface area contributed by atoms with Gasteiger partial charge in [-0.3, -0.25) is 4.79 Å². The van der Waals surface area contributed by atoms with Crippen LogP contribution in [0.25, 0.3) is 0 Å². The van der Waals surface area contributed by atoms with E-state index in [2.05, 4.69) is 5.32 Å². The van der Waals surface area contributed by atoms with Crippen LogP contribution in [-0.2, 0) is 4.74 Å². The summed E-state index contributed by atoms with van der Waals surface area (Å²) in [5.74, 6) is 0.0149. The van der Waals surface area contributed by atoms with E-state index < -0.39 is 0 Å². The third kappa shape index (κ3) is 3.24. The van der Waals surface area contributed by atoms with Crippen molar-refractivity contribution in [1.29, 1.82) is 0 Å². The maximum atomic E-state index is 11.8. The summed E-state index contributed by atoms with van der Waals surface area (Å²) in [5, 5.41) is 12.0. The van der Waals surface area contributed by atoms with Crippen LogP contribution in [0.3, 0.4) is 0 Å². The second kappa shape index (κ2) is 5.51. The third-order valence-electron chi connectivity index (χ3n) is 2.25. The fourth-order valence-electron chi connectivity index (χ4n) is 1.50. The normalized spacial score (nSPS) is 12.2. The van der Waals surface area contributed by atoms with Gasteiger partial charge in [-0.25, -0.2) is 0 Å². The molecule has 0 fully saturated rings. The number of methoxy groups -OCH3 is 1. The Balaban J connectivity index is 2.73. The number of hydrogen-bond donors (Lipinski definition) is 2. The summed E-state index contributed by atoms with van der Waals surface area (Å²) in [6.45, 7) is 4.13. The Morgan fingerprint density at radius 1 is 1.56 bits per heavy atom. The quantitative estimate of drug-likeness (QED) is 0.812. The molecule has 1 atom stereocenters. The first-order valence-electron chi connectivity index (χ1n) is 5.14. The number of aromatic hydroxyl groups is 1. The number of phenols is 1. The van der Waals surface area contributed by atoms with Crippen LogP contribution < -0.4 is 5.32 Å². The number of hydrogen-bond acceptors (Lipinski definition) is 3. The lowest BCUT2D eigenvalue weighted by atomic mass is 10.1. The van der Waals surface area contributed by atoms with E-state index >= 15 is 0 Å². The predicted octanol–water partition coefficient (Wildman–Crippen LogP) is 1.47. The van der Waals surface area contributed by atoms with Gasteiger partial charge in [0.2, 0.25) is 0 Å². The van der Waals surface area contributed by atoms with E-state index in [9.17, 15) is 9.90 Å². The fourth-order valence-corrected chi connectivity index (χ4v) is 1.50. The van der Waals surface area contributed by atoms with Crippen LogP contribution in [0.4, 0.5) is 0 Å². The van der Waals surface area contributed by atoms with Gasteiger partial charge >= 0.3 is 0 Å². The first-order valence-corrected chi connectivity index (χ1v) is 5.14. The van der Waals surface area contributed by atoms with Gasteiger partial charge in [-0.2, -0.15) is 0 Å². The lowest BCUT2D eigenvalue weighted by molar-refractivity contribution is 0.0905. The molecular formula is C12H17NO3. The molecule has 1 unspecified atom stereocenters. The largest absolute Gasteiger partial charge is 0.508 e. The number of phenolic OH excluding ortho intramolecular Hbond substituents is 1. The molecule has 0 aliphatic rings. The minimum atomic E-state index is -0.151. The highest BCUT2D eigenvalue weighted by Crippen LogP contribution is 2.15. The summed E-state index contributed by atoms with van der Waals surface area (Å²) in [5.41, 5.74) is 1.32. The molecule has 0 aliphatic heterocycles. The molecule has 0 saturated heterocycles. The summed E-state index contributed by atoms with van der Waals surface area (Å²) in [4.78, 5) is 11.8. The number of carbonyl (C=O) groups is 1. The van der Waals surface area contributed by atoms with E-state index in [4.69, 9.17) is 4.74 Å². The molecule has 16 heavy (non-hydrogen) atoms. The minimum Gasteiger partial charge on any atom is -0.508 e. The number of amides is 1. The standard InChI is InChI=1S/C12H17NO3/c1-8-6-10(14)4-5-11(8)12(15)13-9(2)7-16-3/h4-6,9,14H,7H2,1-3H3,(H,13,15). The van der Waals surface area contributed by atoms with Crippen molar-refractivity contribution in [2.45, 2.75) is 19.9 Å².